The molecule has 90 valence electrons. The highest BCUT2D eigenvalue weighted by Crippen LogP contribution is 2.35. The lowest BCUT2D eigenvalue weighted by molar-refractivity contribution is -0.140. The Hall–Kier alpha value is -1.07. The molecule has 0 spiro atoms. The maximum Gasteiger partial charge on any atom is 0.306 e. The van der Waals surface area contributed by atoms with E-state index in [1.165, 1.54) is 24.0 Å². The summed E-state index contributed by atoms with van der Waals surface area (Å²) in [6, 6.07) is 8.05. The molecule has 1 aromatic heterocycles. The normalized spacial score (nSPS) is 12.6. The van der Waals surface area contributed by atoms with Crippen LogP contribution in [0.3, 0.4) is 0 Å². The number of nitrogens with zero attached hydrogens (tertiary/aromatic N) is 1. The van der Waals surface area contributed by atoms with Gasteiger partial charge in [-0.15, -0.1) is 11.8 Å². The van der Waals surface area contributed by atoms with Gasteiger partial charge in [0.25, 0.3) is 0 Å². The van der Waals surface area contributed by atoms with Gasteiger partial charge in [0.2, 0.25) is 0 Å². The van der Waals surface area contributed by atoms with Crippen molar-refractivity contribution in [2.75, 3.05) is 7.11 Å². The zero-order chi connectivity index (χ0) is 12.3. The molecule has 0 amide bonds. The molecule has 0 saturated carbocycles. The molecule has 0 aliphatic heterocycles. The highest BCUT2D eigenvalue weighted by molar-refractivity contribution is 8.01. The van der Waals surface area contributed by atoms with Crippen LogP contribution in [0, 0.1) is 0 Å². The van der Waals surface area contributed by atoms with Crippen molar-refractivity contribution in [3.8, 4) is 0 Å². The SMILES string of the molecule is COC(=O)CC(C)Sc1snc2ccccc12. The topological polar surface area (TPSA) is 39.2 Å². The van der Waals surface area contributed by atoms with Crippen molar-refractivity contribution in [2.24, 2.45) is 0 Å². The fraction of sp³-hybridized carbons (Fsp3) is 0.333. The number of benzene rings is 1. The van der Waals surface area contributed by atoms with Gasteiger partial charge in [0.05, 0.1) is 23.3 Å². The van der Waals surface area contributed by atoms with Crippen molar-refractivity contribution < 1.29 is 9.53 Å². The van der Waals surface area contributed by atoms with Gasteiger partial charge in [-0.25, -0.2) is 0 Å². The minimum absolute atomic E-state index is 0.168. The first-order chi connectivity index (χ1) is 8.20. The van der Waals surface area contributed by atoms with Gasteiger partial charge in [-0.3, -0.25) is 4.79 Å². The number of carbonyl (C=O) groups is 1. The molecule has 1 atom stereocenters. The Morgan fingerprint density at radius 2 is 2.29 bits per heavy atom. The molecule has 0 aliphatic carbocycles. The van der Waals surface area contributed by atoms with Gasteiger partial charge < -0.3 is 4.74 Å². The Morgan fingerprint density at radius 3 is 3.06 bits per heavy atom. The zero-order valence-electron chi connectivity index (χ0n) is 9.67. The molecule has 2 rings (SSSR count). The Morgan fingerprint density at radius 1 is 1.53 bits per heavy atom. The van der Waals surface area contributed by atoms with Crippen LogP contribution in [0.1, 0.15) is 13.3 Å². The fourth-order valence-electron chi connectivity index (χ4n) is 1.49. The van der Waals surface area contributed by atoms with E-state index in [-0.39, 0.29) is 11.2 Å². The van der Waals surface area contributed by atoms with E-state index in [4.69, 9.17) is 0 Å². The molecule has 17 heavy (non-hydrogen) atoms. The summed E-state index contributed by atoms with van der Waals surface area (Å²) in [5, 5.41) is 1.37. The van der Waals surface area contributed by atoms with E-state index >= 15 is 0 Å². The maximum atomic E-state index is 11.2. The molecular weight excluding hydrogens is 254 g/mol. The van der Waals surface area contributed by atoms with Crippen molar-refractivity contribution in [3.63, 3.8) is 0 Å². The van der Waals surface area contributed by atoms with Gasteiger partial charge in [0.15, 0.2) is 0 Å². The second-order valence-electron chi connectivity index (χ2n) is 3.70. The van der Waals surface area contributed by atoms with Gasteiger partial charge in [0, 0.05) is 10.6 Å². The lowest BCUT2D eigenvalue weighted by Crippen LogP contribution is -2.08. The van der Waals surface area contributed by atoms with Crippen LogP contribution in [0.5, 0.6) is 0 Å². The van der Waals surface area contributed by atoms with E-state index in [0.717, 1.165) is 9.73 Å². The second-order valence-corrected chi connectivity index (χ2v) is 6.18. The highest BCUT2D eigenvalue weighted by atomic mass is 32.2. The molecule has 0 aliphatic rings. The van der Waals surface area contributed by atoms with Crippen LogP contribution >= 0.6 is 23.3 Å². The lowest BCUT2D eigenvalue weighted by Gasteiger charge is -2.07. The summed E-state index contributed by atoms with van der Waals surface area (Å²) < 4.78 is 10.2. The molecule has 0 saturated heterocycles. The van der Waals surface area contributed by atoms with Crippen LogP contribution in [-0.2, 0) is 9.53 Å². The molecule has 3 nitrogen and oxygen atoms in total. The smallest absolute Gasteiger partial charge is 0.306 e. The van der Waals surface area contributed by atoms with Gasteiger partial charge in [-0.05, 0) is 17.6 Å². The number of hydrogen-bond acceptors (Lipinski definition) is 5. The second kappa shape index (κ2) is 5.51. The van der Waals surface area contributed by atoms with Crippen LogP contribution in [0.4, 0.5) is 0 Å². The third-order valence-electron chi connectivity index (χ3n) is 2.34. The van der Waals surface area contributed by atoms with E-state index in [1.54, 1.807) is 11.8 Å². The van der Waals surface area contributed by atoms with E-state index in [0.29, 0.717) is 6.42 Å². The average molecular weight is 267 g/mol. The summed E-state index contributed by atoms with van der Waals surface area (Å²) in [6.07, 6.45) is 0.424. The van der Waals surface area contributed by atoms with Crippen LogP contribution < -0.4 is 0 Å². The number of fused-ring (bicyclic) bond motifs is 1. The minimum Gasteiger partial charge on any atom is -0.469 e. The number of carbonyl (C=O) groups excluding carboxylic acids is 1. The van der Waals surface area contributed by atoms with Crippen molar-refractivity contribution in [1.29, 1.82) is 0 Å². The average Bonchev–Trinajstić information content (AvgIpc) is 2.72. The first kappa shape index (κ1) is 12.4. The molecule has 1 aromatic carbocycles. The van der Waals surface area contributed by atoms with E-state index < -0.39 is 0 Å². The predicted molar refractivity (Wildman–Crippen MR) is 71.6 cm³/mol. The molecule has 0 fully saturated rings. The van der Waals surface area contributed by atoms with Crippen molar-refractivity contribution in [2.45, 2.75) is 22.8 Å². The monoisotopic (exact) mass is 267 g/mol. The third kappa shape index (κ3) is 2.98. The first-order valence-corrected chi connectivity index (χ1v) is 6.94. The third-order valence-corrected chi connectivity index (χ3v) is 4.53. The summed E-state index contributed by atoms with van der Waals surface area (Å²) in [5.74, 6) is -0.168. The maximum absolute atomic E-state index is 11.2. The summed E-state index contributed by atoms with van der Waals surface area (Å²) >= 11 is 3.17. The quantitative estimate of drug-likeness (QED) is 0.629. The van der Waals surface area contributed by atoms with Gasteiger partial charge in [0.1, 0.15) is 0 Å². The van der Waals surface area contributed by atoms with Crippen molar-refractivity contribution >= 4 is 40.2 Å². The summed E-state index contributed by atoms with van der Waals surface area (Å²) in [5.41, 5.74) is 1.02. The molecule has 0 N–H and O–H groups in total. The molecule has 0 bridgehead atoms. The molecule has 2 aromatic rings. The Labute approximate surface area is 108 Å². The minimum atomic E-state index is -0.168. The Kier molecular flexibility index (Phi) is 4.02. The van der Waals surface area contributed by atoms with Gasteiger partial charge in [-0.2, -0.15) is 4.37 Å². The zero-order valence-corrected chi connectivity index (χ0v) is 11.3. The van der Waals surface area contributed by atoms with E-state index in [1.807, 2.05) is 25.1 Å². The van der Waals surface area contributed by atoms with Crippen molar-refractivity contribution in [3.05, 3.63) is 24.3 Å². The number of aromatic nitrogens is 1. The Balaban J connectivity index is 2.10. The Bertz CT molecular complexity index is 524. The molecule has 1 heterocycles. The number of thioether (sulfide) groups is 1. The highest BCUT2D eigenvalue weighted by Gasteiger charge is 2.14. The molecular formula is C12H13NO2S2. The standard InChI is InChI=1S/C12H13NO2S2/c1-8(7-11(14)15-2)16-12-9-5-3-4-6-10(9)13-17-12/h3-6,8H,7H2,1-2H3. The largest absolute Gasteiger partial charge is 0.469 e. The van der Waals surface area contributed by atoms with Gasteiger partial charge >= 0.3 is 5.97 Å². The number of methoxy groups -OCH3 is 1. The van der Waals surface area contributed by atoms with E-state index in [9.17, 15) is 4.79 Å². The fourth-order valence-corrected chi connectivity index (χ4v) is 3.77. The first-order valence-electron chi connectivity index (χ1n) is 5.28. The summed E-state index contributed by atoms with van der Waals surface area (Å²) in [7, 11) is 1.42. The van der Waals surface area contributed by atoms with Crippen LogP contribution in [0.15, 0.2) is 28.5 Å². The molecule has 0 radical (unpaired) electrons. The lowest BCUT2D eigenvalue weighted by atomic mass is 10.3. The summed E-state index contributed by atoms with van der Waals surface area (Å²) in [6.45, 7) is 2.02. The van der Waals surface area contributed by atoms with Gasteiger partial charge in [-0.1, -0.05) is 25.1 Å². The van der Waals surface area contributed by atoms with Crippen LogP contribution in [-0.4, -0.2) is 22.7 Å². The number of hydrogen-bond donors (Lipinski definition) is 0. The van der Waals surface area contributed by atoms with E-state index in [2.05, 4.69) is 15.2 Å². The summed E-state index contributed by atoms with van der Waals surface area (Å²) in [4.78, 5) is 11.2. The predicted octanol–water partition coefficient (Wildman–Crippen LogP) is 3.34. The number of esters is 1. The number of rotatable bonds is 4. The van der Waals surface area contributed by atoms with Crippen molar-refractivity contribution in [1.82, 2.24) is 4.37 Å². The number of ether oxygens (including phenoxy) is 1. The van der Waals surface area contributed by atoms with Crippen LogP contribution in [0.25, 0.3) is 10.9 Å². The van der Waals surface area contributed by atoms with Crippen LogP contribution in [0.2, 0.25) is 0 Å². The molecule has 5 heteroatoms. The molecule has 1 unspecified atom stereocenters.